The van der Waals surface area contributed by atoms with E-state index in [0.29, 0.717) is 5.82 Å². The van der Waals surface area contributed by atoms with Gasteiger partial charge in [-0.05, 0) is 42.8 Å². The van der Waals surface area contributed by atoms with Gasteiger partial charge < -0.3 is 10.6 Å². The quantitative estimate of drug-likeness (QED) is 0.900. The monoisotopic (exact) mass is 245 g/mol. The Balaban J connectivity index is 2.14. The van der Waals surface area contributed by atoms with E-state index in [9.17, 15) is 4.39 Å². The molecule has 0 aliphatic carbocycles. The molecule has 0 saturated carbocycles. The number of hydrogen-bond donors (Lipinski definition) is 1. The topological polar surface area (TPSA) is 42.1 Å². The Morgan fingerprint density at radius 3 is 2.44 bits per heavy atom. The van der Waals surface area contributed by atoms with Crippen LogP contribution in [-0.4, -0.2) is 11.5 Å². The fourth-order valence-electron chi connectivity index (χ4n) is 1.79. The highest BCUT2D eigenvalue weighted by atomic mass is 19.1. The zero-order chi connectivity index (χ0) is 13.0. The molecule has 4 heteroatoms. The fraction of sp³-hybridized carbons (Fsp3) is 0.214. The molecular formula is C14H16FN3. The normalized spacial score (nSPS) is 10.3. The number of nitrogens with two attached hydrogens (primary N) is 1. The lowest BCUT2D eigenvalue weighted by atomic mass is 10.2. The molecule has 1 aromatic carbocycles. The van der Waals surface area contributed by atoms with Crippen LogP contribution in [0.4, 0.5) is 15.9 Å². The molecule has 1 heterocycles. The maximum absolute atomic E-state index is 12.9. The lowest BCUT2D eigenvalue weighted by molar-refractivity contribution is 0.627. The number of pyridine rings is 1. The second-order valence-corrected chi connectivity index (χ2v) is 4.08. The van der Waals surface area contributed by atoms with E-state index in [1.54, 1.807) is 24.4 Å². The summed E-state index contributed by atoms with van der Waals surface area (Å²) in [6.45, 7) is 3.64. The van der Waals surface area contributed by atoms with Crippen molar-refractivity contribution >= 4 is 11.5 Å². The average Bonchev–Trinajstić information content (AvgIpc) is 2.39. The van der Waals surface area contributed by atoms with E-state index >= 15 is 0 Å². The van der Waals surface area contributed by atoms with Crippen molar-refractivity contribution in [2.75, 3.05) is 17.2 Å². The Morgan fingerprint density at radius 2 is 1.89 bits per heavy atom. The summed E-state index contributed by atoms with van der Waals surface area (Å²) in [5.74, 6) is 0.299. The molecular weight excluding hydrogens is 229 g/mol. The Hall–Kier alpha value is -2.10. The van der Waals surface area contributed by atoms with Gasteiger partial charge >= 0.3 is 0 Å². The van der Waals surface area contributed by atoms with Crippen LogP contribution in [0.2, 0.25) is 0 Å². The number of nitrogens with zero attached hydrogens (tertiary/aromatic N) is 2. The highest BCUT2D eigenvalue weighted by Gasteiger charge is 2.05. The summed E-state index contributed by atoms with van der Waals surface area (Å²) in [6.07, 6.45) is 1.77. The van der Waals surface area contributed by atoms with E-state index in [-0.39, 0.29) is 5.82 Å². The van der Waals surface area contributed by atoms with Gasteiger partial charge in [-0.1, -0.05) is 6.07 Å². The van der Waals surface area contributed by atoms with Gasteiger partial charge in [-0.15, -0.1) is 0 Å². The van der Waals surface area contributed by atoms with Crippen LogP contribution in [0.25, 0.3) is 0 Å². The molecule has 2 aromatic rings. The van der Waals surface area contributed by atoms with Crippen LogP contribution in [0, 0.1) is 5.82 Å². The van der Waals surface area contributed by atoms with Crippen LogP contribution in [0.15, 0.2) is 42.6 Å². The van der Waals surface area contributed by atoms with Gasteiger partial charge in [0.1, 0.15) is 11.6 Å². The number of rotatable bonds is 4. The maximum Gasteiger partial charge on any atom is 0.123 e. The molecule has 1 aromatic heterocycles. The molecule has 0 unspecified atom stereocenters. The third kappa shape index (κ3) is 2.97. The van der Waals surface area contributed by atoms with Crippen LogP contribution < -0.4 is 10.6 Å². The van der Waals surface area contributed by atoms with E-state index in [0.717, 1.165) is 24.3 Å². The van der Waals surface area contributed by atoms with Crippen molar-refractivity contribution in [3.63, 3.8) is 0 Å². The summed E-state index contributed by atoms with van der Waals surface area (Å²) in [5, 5.41) is 0. The summed E-state index contributed by atoms with van der Waals surface area (Å²) in [6, 6.07) is 10.2. The average molecular weight is 245 g/mol. The third-order valence-corrected chi connectivity index (χ3v) is 2.79. The lowest BCUT2D eigenvalue weighted by Crippen LogP contribution is -2.22. The molecule has 18 heavy (non-hydrogen) atoms. The first-order valence-electron chi connectivity index (χ1n) is 5.90. The Bertz CT molecular complexity index is 493. The van der Waals surface area contributed by atoms with E-state index in [1.165, 1.54) is 12.1 Å². The fourth-order valence-corrected chi connectivity index (χ4v) is 1.79. The van der Waals surface area contributed by atoms with Gasteiger partial charge in [0.15, 0.2) is 0 Å². The SMILES string of the molecule is CCN(Cc1ccc(N)nc1)c1ccc(F)cc1. The van der Waals surface area contributed by atoms with Gasteiger partial charge in [-0.25, -0.2) is 9.37 Å². The molecule has 0 atom stereocenters. The number of benzene rings is 1. The van der Waals surface area contributed by atoms with Gasteiger partial charge in [0.25, 0.3) is 0 Å². The van der Waals surface area contributed by atoms with E-state index < -0.39 is 0 Å². The third-order valence-electron chi connectivity index (χ3n) is 2.79. The first-order chi connectivity index (χ1) is 8.69. The van der Waals surface area contributed by atoms with Crippen molar-refractivity contribution < 1.29 is 4.39 Å². The summed E-state index contributed by atoms with van der Waals surface area (Å²) in [5.41, 5.74) is 7.63. The largest absolute Gasteiger partial charge is 0.384 e. The smallest absolute Gasteiger partial charge is 0.123 e. The lowest BCUT2D eigenvalue weighted by Gasteiger charge is -2.23. The standard InChI is InChI=1S/C14H16FN3/c1-2-18(13-6-4-12(15)5-7-13)10-11-3-8-14(16)17-9-11/h3-9H,2,10H2,1H3,(H2,16,17). The van der Waals surface area contributed by atoms with Crippen molar-refractivity contribution in [3.05, 3.63) is 54.0 Å². The van der Waals surface area contributed by atoms with E-state index in [1.807, 2.05) is 6.07 Å². The maximum atomic E-state index is 12.9. The molecule has 3 nitrogen and oxygen atoms in total. The molecule has 0 aliphatic rings. The van der Waals surface area contributed by atoms with Gasteiger partial charge in [-0.3, -0.25) is 0 Å². The van der Waals surface area contributed by atoms with Crippen LogP contribution in [0.1, 0.15) is 12.5 Å². The van der Waals surface area contributed by atoms with Crippen molar-refractivity contribution in [3.8, 4) is 0 Å². The minimum atomic E-state index is -0.219. The highest BCUT2D eigenvalue weighted by Crippen LogP contribution is 2.17. The number of halogens is 1. The van der Waals surface area contributed by atoms with Crippen LogP contribution >= 0.6 is 0 Å². The van der Waals surface area contributed by atoms with E-state index in [2.05, 4.69) is 16.8 Å². The van der Waals surface area contributed by atoms with Crippen molar-refractivity contribution in [1.82, 2.24) is 4.98 Å². The minimum absolute atomic E-state index is 0.219. The molecule has 0 amide bonds. The first kappa shape index (κ1) is 12.4. The van der Waals surface area contributed by atoms with Crippen LogP contribution in [0.3, 0.4) is 0 Å². The second-order valence-electron chi connectivity index (χ2n) is 4.08. The Kier molecular flexibility index (Phi) is 3.77. The molecule has 0 spiro atoms. The van der Waals surface area contributed by atoms with Crippen molar-refractivity contribution in [2.45, 2.75) is 13.5 Å². The minimum Gasteiger partial charge on any atom is -0.384 e. The molecule has 0 saturated heterocycles. The summed E-state index contributed by atoms with van der Waals surface area (Å²) >= 11 is 0. The Morgan fingerprint density at radius 1 is 1.17 bits per heavy atom. The summed E-state index contributed by atoms with van der Waals surface area (Å²) in [7, 11) is 0. The second kappa shape index (κ2) is 5.49. The molecule has 2 N–H and O–H groups in total. The van der Waals surface area contributed by atoms with Crippen LogP contribution in [0.5, 0.6) is 0 Å². The van der Waals surface area contributed by atoms with Crippen LogP contribution in [-0.2, 0) is 6.54 Å². The van der Waals surface area contributed by atoms with Gasteiger partial charge in [0.05, 0.1) is 0 Å². The van der Waals surface area contributed by atoms with Gasteiger partial charge in [0, 0.05) is 25.0 Å². The molecule has 2 rings (SSSR count). The predicted molar refractivity (Wildman–Crippen MR) is 71.8 cm³/mol. The summed E-state index contributed by atoms with van der Waals surface area (Å²) < 4.78 is 12.9. The molecule has 0 aliphatic heterocycles. The van der Waals surface area contributed by atoms with Gasteiger partial charge in [-0.2, -0.15) is 0 Å². The van der Waals surface area contributed by atoms with E-state index in [4.69, 9.17) is 5.73 Å². The predicted octanol–water partition coefficient (Wildman–Crippen LogP) is 2.83. The van der Waals surface area contributed by atoms with Crippen molar-refractivity contribution in [1.29, 1.82) is 0 Å². The number of aromatic nitrogens is 1. The molecule has 94 valence electrons. The number of anilines is 2. The number of hydrogen-bond acceptors (Lipinski definition) is 3. The molecule has 0 radical (unpaired) electrons. The Labute approximate surface area is 106 Å². The molecule has 0 fully saturated rings. The van der Waals surface area contributed by atoms with Crippen molar-refractivity contribution in [2.24, 2.45) is 0 Å². The number of nitrogen functional groups attached to an aromatic ring is 1. The zero-order valence-electron chi connectivity index (χ0n) is 10.3. The highest BCUT2D eigenvalue weighted by molar-refractivity contribution is 5.46. The zero-order valence-corrected chi connectivity index (χ0v) is 10.3. The summed E-state index contributed by atoms with van der Waals surface area (Å²) in [4.78, 5) is 6.21. The molecule has 0 bridgehead atoms. The first-order valence-corrected chi connectivity index (χ1v) is 5.90. The van der Waals surface area contributed by atoms with Gasteiger partial charge in [0.2, 0.25) is 0 Å².